The Morgan fingerprint density at radius 2 is 1.33 bits per heavy atom. The number of methoxy groups -OCH3 is 2. The average Bonchev–Trinajstić information content (AvgIpc) is 3.33. The highest BCUT2D eigenvalue weighted by molar-refractivity contribution is 5.60. The SMILES string of the molecule is COc1ccc(Nc2nc(Nc3ccc(OC)cc3)nc(N3CC[C@H]4CCCN4C3)n2)cc1. The van der Waals surface area contributed by atoms with Gasteiger partial charge in [-0.25, -0.2) is 0 Å². The summed E-state index contributed by atoms with van der Waals surface area (Å²) in [4.78, 5) is 18.9. The standard InChI is InChI=1S/C24H29N7O2/c1-32-20-9-5-17(6-10-20)25-22-27-23(26-18-7-11-21(33-2)12-8-18)29-24(28-22)31-15-13-19-4-3-14-30(19)16-31/h5-12,19H,3-4,13-16H2,1-2H3,(H2,25,26,27,28,29)/t19-/m1/s1. The van der Waals surface area contributed by atoms with E-state index < -0.39 is 0 Å². The molecule has 33 heavy (non-hydrogen) atoms. The quantitative estimate of drug-likeness (QED) is 0.558. The van der Waals surface area contributed by atoms with Gasteiger partial charge in [0, 0.05) is 30.5 Å². The van der Waals surface area contributed by atoms with Gasteiger partial charge in [0.15, 0.2) is 0 Å². The van der Waals surface area contributed by atoms with Gasteiger partial charge in [-0.05, 0) is 67.8 Å². The number of fused-ring (bicyclic) bond motifs is 1. The molecule has 0 saturated carbocycles. The number of anilines is 5. The summed E-state index contributed by atoms with van der Waals surface area (Å²) in [5, 5.41) is 6.61. The molecule has 3 aromatic rings. The van der Waals surface area contributed by atoms with Crippen molar-refractivity contribution in [2.75, 3.05) is 49.5 Å². The summed E-state index contributed by atoms with van der Waals surface area (Å²) in [6, 6.07) is 16.1. The fraction of sp³-hybridized carbons (Fsp3) is 0.375. The van der Waals surface area contributed by atoms with E-state index in [0.29, 0.717) is 23.9 Å². The van der Waals surface area contributed by atoms with Crippen molar-refractivity contribution in [3.8, 4) is 11.5 Å². The number of benzene rings is 2. The molecule has 9 heteroatoms. The average molecular weight is 448 g/mol. The first-order valence-corrected chi connectivity index (χ1v) is 11.3. The van der Waals surface area contributed by atoms with Crippen molar-refractivity contribution < 1.29 is 9.47 Å². The first-order valence-electron chi connectivity index (χ1n) is 11.3. The van der Waals surface area contributed by atoms with Crippen molar-refractivity contribution in [1.29, 1.82) is 0 Å². The maximum absolute atomic E-state index is 5.25. The molecule has 9 nitrogen and oxygen atoms in total. The summed E-state index contributed by atoms with van der Waals surface area (Å²) >= 11 is 0. The summed E-state index contributed by atoms with van der Waals surface area (Å²) < 4.78 is 10.5. The second-order valence-electron chi connectivity index (χ2n) is 8.29. The fourth-order valence-electron chi connectivity index (χ4n) is 4.39. The third-order valence-corrected chi connectivity index (χ3v) is 6.18. The summed E-state index contributed by atoms with van der Waals surface area (Å²) in [6.45, 7) is 2.92. The lowest BCUT2D eigenvalue weighted by Crippen LogP contribution is -2.48. The van der Waals surface area contributed by atoms with Gasteiger partial charge >= 0.3 is 0 Å². The number of aromatic nitrogens is 3. The zero-order valence-corrected chi connectivity index (χ0v) is 19.0. The zero-order chi connectivity index (χ0) is 22.6. The molecule has 1 atom stereocenters. The van der Waals surface area contributed by atoms with Crippen LogP contribution in [-0.4, -0.2) is 59.9 Å². The number of hydrogen-bond donors (Lipinski definition) is 2. The topological polar surface area (TPSA) is 87.7 Å². The predicted octanol–water partition coefficient (Wildman–Crippen LogP) is 4.01. The van der Waals surface area contributed by atoms with Crippen molar-refractivity contribution in [3.63, 3.8) is 0 Å². The highest BCUT2D eigenvalue weighted by atomic mass is 16.5. The van der Waals surface area contributed by atoms with Gasteiger partial charge in [-0.15, -0.1) is 0 Å². The van der Waals surface area contributed by atoms with Crippen LogP contribution in [0.4, 0.5) is 29.2 Å². The second-order valence-corrected chi connectivity index (χ2v) is 8.29. The lowest BCUT2D eigenvalue weighted by molar-refractivity contribution is 0.209. The molecular weight excluding hydrogens is 418 g/mol. The summed E-state index contributed by atoms with van der Waals surface area (Å²) in [5.74, 6) is 3.25. The molecule has 0 bridgehead atoms. The van der Waals surface area contributed by atoms with E-state index in [1.54, 1.807) is 14.2 Å². The monoisotopic (exact) mass is 447 g/mol. The lowest BCUT2D eigenvalue weighted by Gasteiger charge is -2.37. The Labute approximate surface area is 193 Å². The van der Waals surface area contributed by atoms with Gasteiger partial charge in [0.25, 0.3) is 0 Å². The van der Waals surface area contributed by atoms with Crippen molar-refractivity contribution in [1.82, 2.24) is 19.9 Å². The molecule has 0 unspecified atom stereocenters. The van der Waals surface area contributed by atoms with E-state index in [9.17, 15) is 0 Å². The third kappa shape index (κ3) is 4.93. The van der Waals surface area contributed by atoms with E-state index in [4.69, 9.17) is 19.4 Å². The van der Waals surface area contributed by atoms with Crippen LogP contribution in [0.3, 0.4) is 0 Å². The van der Waals surface area contributed by atoms with Gasteiger partial charge in [0.2, 0.25) is 17.8 Å². The summed E-state index contributed by atoms with van der Waals surface area (Å²) in [7, 11) is 3.31. The van der Waals surface area contributed by atoms with Crippen LogP contribution in [0.5, 0.6) is 11.5 Å². The van der Waals surface area contributed by atoms with Crippen molar-refractivity contribution >= 4 is 29.2 Å². The van der Waals surface area contributed by atoms with Gasteiger partial charge in [-0.1, -0.05) is 0 Å². The van der Waals surface area contributed by atoms with Gasteiger partial charge in [0.1, 0.15) is 11.5 Å². The molecule has 0 radical (unpaired) electrons. The van der Waals surface area contributed by atoms with Gasteiger partial charge in [0.05, 0.1) is 20.9 Å². The Kier molecular flexibility index (Phi) is 6.12. The van der Waals surface area contributed by atoms with Crippen LogP contribution >= 0.6 is 0 Å². The highest BCUT2D eigenvalue weighted by Gasteiger charge is 2.31. The van der Waals surface area contributed by atoms with E-state index in [1.165, 1.54) is 12.8 Å². The summed E-state index contributed by atoms with van der Waals surface area (Å²) in [5.41, 5.74) is 1.75. The molecule has 3 heterocycles. The van der Waals surface area contributed by atoms with Crippen LogP contribution in [0.25, 0.3) is 0 Å². The Morgan fingerprint density at radius 1 is 0.758 bits per heavy atom. The van der Waals surface area contributed by atoms with Crippen LogP contribution in [0.1, 0.15) is 19.3 Å². The number of rotatable bonds is 7. The third-order valence-electron chi connectivity index (χ3n) is 6.18. The van der Waals surface area contributed by atoms with Crippen LogP contribution in [0.15, 0.2) is 48.5 Å². The minimum Gasteiger partial charge on any atom is -0.497 e. The number of nitrogens with one attached hydrogen (secondary N) is 2. The van der Waals surface area contributed by atoms with E-state index >= 15 is 0 Å². The maximum atomic E-state index is 5.25. The molecule has 2 fully saturated rings. The first kappa shape index (κ1) is 21.3. The van der Waals surface area contributed by atoms with Crippen molar-refractivity contribution in [2.45, 2.75) is 25.3 Å². The number of nitrogens with zero attached hydrogens (tertiary/aromatic N) is 5. The Balaban J connectivity index is 1.42. The Bertz CT molecular complexity index is 1010. The molecule has 2 saturated heterocycles. The molecule has 2 aliphatic rings. The highest BCUT2D eigenvalue weighted by Crippen LogP contribution is 2.28. The molecule has 5 rings (SSSR count). The maximum Gasteiger partial charge on any atom is 0.233 e. The normalized spacial score (nSPS) is 18.0. The second kappa shape index (κ2) is 9.50. The number of hydrogen-bond acceptors (Lipinski definition) is 9. The van der Waals surface area contributed by atoms with Crippen LogP contribution in [-0.2, 0) is 0 Å². The molecule has 2 aromatic carbocycles. The zero-order valence-electron chi connectivity index (χ0n) is 19.0. The Morgan fingerprint density at radius 3 is 1.88 bits per heavy atom. The molecular formula is C24H29N7O2. The van der Waals surface area contributed by atoms with E-state index in [1.807, 2.05) is 48.5 Å². The molecule has 0 amide bonds. The number of ether oxygens (including phenoxy) is 2. The molecule has 0 spiro atoms. The van der Waals surface area contributed by atoms with E-state index in [-0.39, 0.29) is 0 Å². The lowest BCUT2D eigenvalue weighted by atomic mass is 10.1. The first-order chi connectivity index (χ1) is 16.2. The minimum absolute atomic E-state index is 0.490. The molecule has 2 N–H and O–H groups in total. The Hall–Kier alpha value is -3.59. The fourth-order valence-corrected chi connectivity index (χ4v) is 4.39. The largest absolute Gasteiger partial charge is 0.497 e. The van der Waals surface area contributed by atoms with Crippen LogP contribution in [0.2, 0.25) is 0 Å². The van der Waals surface area contributed by atoms with Crippen molar-refractivity contribution in [2.24, 2.45) is 0 Å². The molecule has 1 aromatic heterocycles. The van der Waals surface area contributed by atoms with E-state index in [0.717, 1.165) is 49.1 Å². The molecule has 172 valence electrons. The minimum atomic E-state index is 0.490. The predicted molar refractivity (Wildman–Crippen MR) is 129 cm³/mol. The van der Waals surface area contributed by atoms with Gasteiger partial charge in [-0.2, -0.15) is 15.0 Å². The molecule has 2 aliphatic heterocycles. The van der Waals surface area contributed by atoms with Gasteiger partial charge < -0.3 is 25.0 Å². The van der Waals surface area contributed by atoms with E-state index in [2.05, 4.69) is 25.4 Å². The van der Waals surface area contributed by atoms with Crippen molar-refractivity contribution in [3.05, 3.63) is 48.5 Å². The smallest absolute Gasteiger partial charge is 0.233 e. The molecule has 0 aliphatic carbocycles. The van der Waals surface area contributed by atoms with Gasteiger partial charge in [-0.3, -0.25) is 4.90 Å². The summed E-state index contributed by atoms with van der Waals surface area (Å²) in [6.07, 6.45) is 3.69. The van der Waals surface area contributed by atoms with Crippen LogP contribution < -0.4 is 25.0 Å². The van der Waals surface area contributed by atoms with Crippen LogP contribution in [0, 0.1) is 0 Å².